The number of esters is 1. The van der Waals surface area contributed by atoms with Gasteiger partial charge in [0.15, 0.2) is 0 Å². The van der Waals surface area contributed by atoms with Crippen LogP contribution in [0.2, 0.25) is 0 Å². The Balaban J connectivity index is 2.46. The van der Waals surface area contributed by atoms with Crippen LogP contribution in [0.4, 0.5) is 0 Å². The molecule has 0 aromatic heterocycles. The molecule has 1 aromatic rings. The number of hydrogen-bond acceptors (Lipinski definition) is 4. The molecule has 2 N–H and O–H groups in total. The van der Waals surface area contributed by atoms with E-state index in [9.17, 15) is 4.79 Å². The van der Waals surface area contributed by atoms with Gasteiger partial charge in [-0.2, -0.15) is 12.6 Å². The number of benzene rings is 1. The van der Waals surface area contributed by atoms with Gasteiger partial charge in [0.2, 0.25) is 0 Å². The van der Waals surface area contributed by atoms with Crippen molar-refractivity contribution in [3.63, 3.8) is 0 Å². The van der Waals surface area contributed by atoms with Crippen molar-refractivity contribution in [2.24, 2.45) is 5.73 Å². The lowest BCUT2D eigenvalue weighted by Gasteiger charge is -2.10. The van der Waals surface area contributed by atoms with Crippen molar-refractivity contribution in [1.82, 2.24) is 0 Å². The monoisotopic (exact) mass is 303 g/mol. The number of halogens is 1. The van der Waals surface area contributed by atoms with Crippen molar-refractivity contribution in [3.05, 3.63) is 34.3 Å². The summed E-state index contributed by atoms with van der Waals surface area (Å²) in [4.78, 5) is 11.4. The molecule has 0 aliphatic carbocycles. The van der Waals surface area contributed by atoms with Gasteiger partial charge in [-0.15, -0.1) is 0 Å². The van der Waals surface area contributed by atoms with Crippen molar-refractivity contribution < 1.29 is 9.53 Å². The predicted octanol–water partition coefficient (Wildman–Crippen LogP) is 2.14. The third-order valence-electron chi connectivity index (χ3n) is 2.07. The van der Waals surface area contributed by atoms with Crippen molar-refractivity contribution in [1.29, 1.82) is 0 Å². The highest BCUT2D eigenvalue weighted by molar-refractivity contribution is 9.10. The van der Waals surface area contributed by atoms with Crippen LogP contribution in [-0.2, 0) is 16.1 Å². The van der Waals surface area contributed by atoms with Crippen molar-refractivity contribution >= 4 is 34.5 Å². The first-order valence-corrected chi connectivity index (χ1v) is 6.34. The molecular weight excluding hydrogens is 290 g/mol. The Hall–Kier alpha value is -0.520. The third kappa shape index (κ3) is 4.15. The van der Waals surface area contributed by atoms with Crippen molar-refractivity contribution in [3.8, 4) is 0 Å². The molecule has 1 unspecified atom stereocenters. The standard InChI is InChI=1S/C11H14BrNO2S/c12-9-4-2-1-3-8(9)7-15-11(14)10(13)5-6-16/h1-4,10,16H,5-7,13H2. The minimum Gasteiger partial charge on any atom is -0.460 e. The molecule has 16 heavy (non-hydrogen) atoms. The molecule has 0 aliphatic rings. The Bertz CT molecular complexity index is 360. The van der Waals surface area contributed by atoms with Gasteiger partial charge in [-0.1, -0.05) is 34.1 Å². The first-order chi connectivity index (χ1) is 7.65. The number of carbonyl (C=O) groups is 1. The topological polar surface area (TPSA) is 52.3 Å². The van der Waals surface area contributed by atoms with Crippen LogP contribution in [0, 0.1) is 0 Å². The minimum absolute atomic E-state index is 0.237. The number of hydrogen-bond donors (Lipinski definition) is 2. The molecule has 0 radical (unpaired) electrons. The molecule has 1 aromatic carbocycles. The second-order valence-electron chi connectivity index (χ2n) is 3.32. The van der Waals surface area contributed by atoms with Gasteiger partial charge in [0.25, 0.3) is 0 Å². The van der Waals surface area contributed by atoms with Crippen molar-refractivity contribution in [2.75, 3.05) is 5.75 Å². The molecule has 0 amide bonds. The maximum absolute atomic E-state index is 11.4. The lowest BCUT2D eigenvalue weighted by molar-refractivity contribution is -0.146. The first-order valence-electron chi connectivity index (χ1n) is 4.91. The van der Waals surface area contributed by atoms with Gasteiger partial charge in [-0.3, -0.25) is 4.79 Å². The number of carbonyl (C=O) groups excluding carboxylic acids is 1. The van der Waals surface area contributed by atoms with Crippen molar-refractivity contribution in [2.45, 2.75) is 19.1 Å². The summed E-state index contributed by atoms with van der Waals surface area (Å²) in [5.41, 5.74) is 6.52. The quantitative estimate of drug-likeness (QED) is 0.647. The summed E-state index contributed by atoms with van der Waals surface area (Å²) in [6.45, 7) is 0.237. The van der Waals surface area contributed by atoms with Crippen LogP contribution in [0.3, 0.4) is 0 Å². The van der Waals surface area contributed by atoms with Gasteiger partial charge in [-0.25, -0.2) is 0 Å². The summed E-state index contributed by atoms with van der Waals surface area (Å²) < 4.78 is 6.02. The van der Waals surface area contributed by atoms with E-state index in [1.165, 1.54) is 0 Å². The molecule has 1 atom stereocenters. The maximum atomic E-state index is 11.4. The van der Waals surface area contributed by atoms with E-state index in [0.29, 0.717) is 12.2 Å². The molecule has 0 spiro atoms. The Morgan fingerprint density at radius 3 is 2.81 bits per heavy atom. The SMILES string of the molecule is NC(CCS)C(=O)OCc1ccccc1Br. The van der Waals surface area contributed by atoms with Gasteiger partial charge in [-0.05, 0) is 18.2 Å². The lowest BCUT2D eigenvalue weighted by atomic mass is 10.2. The summed E-state index contributed by atoms with van der Waals surface area (Å²) in [5, 5.41) is 0. The minimum atomic E-state index is -0.583. The normalized spacial score (nSPS) is 12.2. The van der Waals surface area contributed by atoms with E-state index < -0.39 is 6.04 Å². The van der Waals surface area contributed by atoms with Crippen LogP contribution in [0.1, 0.15) is 12.0 Å². The van der Waals surface area contributed by atoms with Crippen LogP contribution in [0.5, 0.6) is 0 Å². The number of ether oxygens (including phenoxy) is 1. The zero-order valence-electron chi connectivity index (χ0n) is 8.73. The van der Waals surface area contributed by atoms with Gasteiger partial charge >= 0.3 is 5.97 Å². The summed E-state index contributed by atoms with van der Waals surface area (Å²) in [6, 6.07) is 7.00. The van der Waals surface area contributed by atoms with E-state index in [1.54, 1.807) is 0 Å². The van der Waals surface area contributed by atoms with Gasteiger partial charge in [0.1, 0.15) is 12.6 Å². The smallest absolute Gasteiger partial charge is 0.323 e. The molecule has 0 aliphatic heterocycles. The molecule has 88 valence electrons. The lowest BCUT2D eigenvalue weighted by Crippen LogP contribution is -2.32. The molecule has 5 heteroatoms. The first kappa shape index (κ1) is 13.5. The van der Waals surface area contributed by atoms with Crippen LogP contribution >= 0.6 is 28.6 Å². The van der Waals surface area contributed by atoms with Gasteiger partial charge < -0.3 is 10.5 Å². The molecule has 0 heterocycles. The van der Waals surface area contributed by atoms with Gasteiger partial charge in [0, 0.05) is 10.0 Å². The van der Waals surface area contributed by atoms with E-state index in [-0.39, 0.29) is 12.6 Å². The Morgan fingerprint density at radius 2 is 2.19 bits per heavy atom. The zero-order valence-corrected chi connectivity index (χ0v) is 11.2. The number of rotatable bonds is 5. The van der Waals surface area contributed by atoms with E-state index in [2.05, 4.69) is 28.6 Å². The predicted molar refractivity (Wildman–Crippen MR) is 70.4 cm³/mol. The highest BCUT2D eigenvalue weighted by Crippen LogP contribution is 2.16. The number of thiol groups is 1. The fourth-order valence-corrected chi connectivity index (χ4v) is 1.81. The molecule has 1 rings (SSSR count). The summed E-state index contributed by atoms with van der Waals surface area (Å²) in [6.07, 6.45) is 0.526. The molecule has 0 fully saturated rings. The van der Waals surface area contributed by atoms with E-state index in [0.717, 1.165) is 10.0 Å². The van der Waals surface area contributed by atoms with Crippen LogP contribution in [-0.4, -0.2) is 17.8 Å². The molecular formula is C11H14BrNO2S. The largest absolute Gasteiger partial charge is 0.460 e. The fourth-order valence-electron chi connectivity index (χ4n) is 1.13. The van der Waals surface area contributed by atoms with E-state index >= 15 is 0 Å². The van der Waals surface area contributed by atoms with Crippen LogP contribution in [0.25, 0.3) is 0 Å². The van der Waals surface area contributed by atoms with E-state index in [1.807, 2.05) is 24.3 Å². The second-order valence-corrected chi connectivity index (χ2v) is 4.62. The average Bonchev–Trinajstić information content (AvgIpc) is 2.28. The summed E-state index contributed by atoms with van der Waals surface area (Å²) in [5.74, 6) is 0.190. The maximum Gasteiger partial charge on any atom is 0.323 e. The fraction of sp³-hybridized carbons (Fsp3) is 0.364. The molecule has 0 bridgehead atoms. The molecule has 3 nitrogen and oxygen atoms in total. The Kier molecular flexibility index (Phi) is 5.87. The molecule has 0 saturated carbocycles. The van der Waals surface area contributed by atoms with E-state index in [4.69, 9.17) is 10.5 Å². The van der Waals surface area contributed by atoms with Crippen LogP contribution < -0.4 is 5.73 Å². The van der Waals surface area contributed by atoms with Gasteiger partial charge in [0.05, 0.1) is 0 Å². The zero-order chi connectivity index (χ0) is 12.0. The second kappa shape index (κ2) is 6.93. The number of nitrogens with two attached hydrogens (primary N) is 1. The highest BCUT2D eigenvalue weighted by atomic mass is 79.9. The highest BCUT2D eigenvalue weighted by Gasteiger charge is 2.14. The summed E-state index contributed by atoms with van der Waals surface area (Å²) >= 11 is 7.39. The Labute approximate surface area is 109 Å². The average molecular weight is 304 g/mol. The third-order valence-corrected chi connectivity index (χ3v) is 3.10. The molecule has 0 saturated heterocycles. The van der Waals surface area contributed by atoms with Crippen LogP contribution in [0.15, 0.2) is 28.7 Å². The Morgan fingerprint density at radius 1 is 1.50 bits per heavy atom. The summed E-state index contributed by atoms with van der Waals surface area (Å²) in [7, 11) is 0.